The highest BCUT2D eigenvalue weighted by Gasteiger charge is 2.33. The quantitative estimate of drug-likeness (QED) is 0.290. The molecule has 0 aliphatic rings. The standard InChI is InChI=1S/C27H36N2O6/c1-20(2)18-29(28(6)25(31)35-27(3,4)5)26(32)34-23(17-21-13-9-7-10-14-21)24(30)33-19-22-15-11-8-12-16-22/h7-16,20,23H,17-19H2,1-6H3/t23-/m1/s1. The number of hydrazine groups is 1. The van der Waals surface area contributed by atoms with E-state index < -0.39 is 29.9 Å². The van der Waals surface area contributed by atoms with Gasteiger partial charge in [0.1, 0.15) is 12.2 Å². The summed E-state index contributed by atoms with van der Waals surface area (Å²) in [5.41, 5.74) is 0.880. The maximum absolute atomic E-state index is 13.2. The van der Waals surface area contributed by atoms with Crippen LogP contribution in [0.15, 0.2) is 60.7 Å². The van der Waals surface area contributed by atoms with Gasteiger partial charge in [-0.2, -0.15) is 0 Å². The third-order valence-electron chi connectivity index (χ3n) is 4.76. The van der Waals surface area contributed by atoms with Gasteiger partial charge in [0.15, 0.2) is 0 Å². The molecule has 190 valence electrons. The molecular formula is C27H36N2O6. The van der Waals surface area contributed by atoms with Gasteiger partial charge in [-0.15, -0.1) is 0 Å². The fourth-order valence-corrected chi connectivity index (χ4v) is 3.10. The van der Waals surface area contributed by atoms with Crippen molar-refractivity contribution in [3.8, 4) is 0 Å². The van der Waals surface area contributed by atoms with Crippen molar-refractivity contribution in [3.05, 3.63) is 71.8 Å². The van der Waals surface area contributed by atoms with Crippen LogP contribution in [0.3, 0.4) is 0 Å². The molecule has 0 aliphatic carbocycles. The first-order valence-corrected chi connectivity index (χ1v) is 11.7. The second-order valence-electron chi connectivity index (χ2n) is 9.64. The van der Waals surface area contributed by atoms with Crippen molar-refractivity contribution >= 4 is 18.2 Å². The molecule has 8 heteroatoms. The molecule has 2 amide bonds. The largest absolute Gasteiger partial charge is 0.458 e. The molecule has 35 heavy (non-hydrogen) atoms. The van der Waals surface area contributed by atoms with Crippen LogP contribution in [-0.4, -0.2) is 53.5 Å². The fourth-order valence-electron chi connectivity index (χ4n) is 3.10. The average Bonchev–Trinajstić information content (AvgIpc) is 2.80. The molecule has 8 nitrogen and oxygen atoms in total. The minimum atomic E-state index is -1.20. The summed E-state index contributed by atoms with van der Waals surface area (Å²) in [5.74, 6) is -0.652. The Balaban J connectivity index is 2.20. The normalized spacial score (nSPS) is 12.0. The summed E-state index contributed by atoms with van der Waals surface area (Å²) in [6, 6.07) is 18.5. The van der Waals surface area contributed by atoms with Gasteiger partial charge in [0.05, 0.1) is 0 Å². The second kappa shape index (κ2) is 12.8. The Morgan fingerprint density at radius 1 is 0.857 bits per heavy atom. The Morgan fingerprint density at radius 2 is 1.40 bits per heavy atom. The van der Waals surface area contributed by atoms with Crippen molar-refractivity contribution in [3.63, 3.8) is 0 Å². The van der Waals surface area contributed by atoms with Gasteiger partial charge in [-0.1, -0.05) is 74.5 Å². The molecule has 0 saturated heterocycles. The summed E-state index contributed by atoms with van der Waals surface area (Å²) in [6.45, 7) is 9.26. The monoisotopic (exact) mass is 484 g/mol. The summed E-state index contributed by atoms with van der Waals surface area (Å²) in [7, 11) is 1.43. The average molecular weight is 485 g/mol. The zero-order valence-electron chi connectivity index (χ0n) is 21.4. The maximum atomic E-state index is 13.2. The number of nitrogens with zero attached hydrogens (tertiary/aromatic N) is 2. The number of hydrogen-bond donors (Lipinski definition) is 0. The van der Waals surface area contributed by atoms with Crippen LogP contribution in [0.5, 0.6) is 0 Å². The van der Waals surface area contributed by atoms with Crippen molar-refractivity contribution in [2.75, 3.05) is 13.6 Å². The molecule has 0 aromatic heterocycles. The van der Waals surface area contributed by atoms with Crippen LogP contribution >= 0.6 is 0 Å². The molecule has 0 aliphatic heterocycles. The first-order valence-electron chi connectivity index (χ1n) is 11.7. The van der Waals surface area contributed by atoms with E-state index in [-0.39, 0.29) is 25.5 Å². The molecule has 2 aromatic carbocycles. The van der Waals surface area contributed by atoms with Gasteiger partial charge in [-0.3, -0.25) is 0 Å². The Hall–Kier alpha value is -3.55. The molecule has 0 N–H and O–H groups in total. The van der Waals surface area contributed by atoms with E-state index >= 15 is 0 Å². The van der Waals surface area contributed by atoms with Crippen LogP contribution < -0.4 is 0 Å². The molecule has 0 fully saturated rings. The lowest BCUT2D eigenvalue weighted by molar-refractivity contribution is -0.156. The predicted molar refractivity (Wildman–Crippen MR) is 132 cm³/mol. The smallest absolute Gasteiger partial charge is 0.429 e. The van der Waals surface area contributed by atoms with E-state index in [1.807, 2.05) is 74.5 Å². The highest BCUT2D eigenvalue weighted by atomic mass is 16.6. The summed E-state index contributed by atoms with van der Waals surface area (Å²) in [5, 5.41) is 2.21. The molecule has 0 spiro atoms. The highest BCUT2D eigenvalue weighted by Crippen LogP contribution is 2.16. The van der Waals surface area contributed by atoms with Crippen molar-refractivity contribution in [1.82, 2.24) is 10.0 Å². The van der Waals surface area contributed by atoms with Crippen LogP contribution in [-0.2, 0) is 32.0 Å². The van der Waals surface area contributed by atoms with Gasteiger partial charge in [0.2, 0.25) is 6.10 Å². The topological polar surface area (TPSA) is 85.4 Å². The summed E-state index contributed by atoms with van der Waals surface area (Å²) in [4.78, 5) is 38.8. The summed E-state index contributed by atoms with van der Waals surface area (Å²) < 4.78 is 16.5. The maximum Gasteiger partial charge on any atom is 0.429 e. The minimum Gasteiger partial charge on any atom is -0.458 e. The number of amides is 2. The van der Waals surface area contributed by atoms with E-state index in [9.17, 15) is 14.4 Å². The van der Waals surface area contributed by atoms with Crippen LogP contribution in [0.1, 0.15) is 45.7 Å². The molecule has 0 heterocycles. The van der Waals surface area contributed by atoms with E-state index in [1.54, 1.807) is 20.8 Å². The van der Waals surface area contributed by atoms with Gasteiger partial charge in [0, 0.05) is 20.0 Å². The third-order valence-corrected chi connectivity index (χ3v) is 4.76. The number of rotatable bonds is 8. The Kier molecular flexibility index (Phi) is 10.1. The molecule has 0 radical (unpaired) electrons. The fraction of sp³-hybridized carbons (Fsp3) is 0.444. The van der Waals surface area contributed by atoms with Gasteiger partial charge < -0.3 is 14.2 Å². The SMILES string of the molecule is CC(C)CN(C(=O)O[C@H](Cc1ccccc1)C(=O)OCc1ccccc1)N(C)C(=O)OC(C)(C)C. The highest BCUT2D eigenvalue weighted by molar-refractivity contribution is 5.80. The first kappa shape index (κ1) is 27.7. The minimum absolute atomic E-state index is 0.0186. The Morgan fingerprint density at radius 3 is 1.91 bits per heavy atom. The zero-order chi connectivity index (χ0) is 26.0. The number of carbonyl (C=O) groups is 3. The lowest BCUT2D eigenvalue weighted by Crippen LogP contribution is -2.52. The first-order chi connectivity index (χ1) is 16.5. The lowest BCUT2D eigenvalue weighted by Gasteiger charge is -2.34. The molecule has 1 atom stereocenters. The van der Waals surface area contributed by atoms with Crippen molar-refractivity contribution in [2.24, 2.45) is 5.92 Å². The number of carbonyl (C=O) groups excluding carboxylic acids is 3. The zero-order valence-corrected chi connectivity index (χ0v) is 21.4. The molecule has 0 unspecified atom stereocenters. The van der Waals surface area contributed by atoms with E-state index in [0.717, 1.165) is 21.1 Å². The molecule has 0 bridgehead atoms. The van der Waals surface area contributed by atoms with Crippen molar-refractivity contribution in [1.29, 1.82) is 0 Å². The number of hydrogen-bond acceptors (Lipinski definition) is 6. The molecular weight excluding hydrogens is 448 g/mol. The Bertz CT molecular complexity index is 957. The van der Waals surface area contributed by atoms with Crippen LogP contribution in [0, 0.1) is 5.92 Å². The van der Waals surface area contributed by atoms with Crippen molar-refractivity contribution in [2.45, 2.75) is 59.4 Å². The van der Waals surface area contributed by atoms with Crippen LogP contribution in [0.25, 0.3) is 0 Å². The molecule has 2 rings (SSSR count). The number of ether oxygens (including phenoxy) is 3. The Labute approximate surface area is 207 Å². The van der Waals surface area contributed by atoms with Gasteiger partial charge in [-0.05, 0) is 37.8 Å². The predicted octanol–water partition coefficient (Wildman–Crippen LogP) is 5.22. The van der Waals surface area contributed by atoms with Gasteiger partial charge in [-0.25, -0.2) is 24.4 Å². The van der Waals surface area contributed by atoms with Crippen molar-refractivity contribution < 1.29 is 28.6 Å². The third kappa shape index (κ3) is 9.68. The van der Waals surface area contributed by atoms with Gasteiger partial charge in [0.25, 0.3) is 0 Å². The molecule has 2 aromatic rings. The lowest BCUT2D eigenvalue weighted by atomic mass is 10.1. The summed E-state index contributed by atoms with van der Waals surface area (Å²) >= 11 is 0. The van der Waals surface area contributed by atoms with Gasteiger partial charge >= 0.3 is 18.2 Å². The number of benzene rings is 2. The summed E-state index contributed by atoms with van der Waals surface area (Å²) in [6.07, 6.45) is -2.62. The second-order valence-corrected chi connectivity index (χ2v) is 9.64. The van der Waals surface area contributed by atoms with Crippen LogP contribution in [0.4, 0.5) is 9.59 Å². The van der Waals surface area contributed by atoms with E-state index in [0.29, 0.717) is 0 Å². The van der Waals surface area contributed by atoms with E-state index in [1.165, 1.54) is 7.05 Å². The molecule has 0 saturated carbocycles. The van der Waals surface area contributed by atoms with E-state index in [4.69, 9.17) is 14.2 Å². The van der Waals surface area contributed by atoms with Crippen LogP contribution in [0.2, 0.25) is 0 Å². The van der Waals surface area contributed by atoms with E-state index in [2.05, 4.69) is 0 Å². The number of esters is 1.